The molecule has 2 amide bonds. The maximum atomic E-state index is 13.5. The van der Waals surface area contributed by atoms with Gasteiger partial charge in [-0.2, -0.15) is 0 Å². The number of carbonyl (C=O) groups excluding carboxylic acids is 1. The van der Waals surface area contributed by atoms with Gasteiger partial charge in [0.15, 0.2) is 0 Å². The Morgan fingerprint density at radius 2 is 1.92 bits per heavy atom. The number of nitrogens with one attached hydrogen (secondary N) is 2. The lowest BCUT2D eigenvalue weighted by Gasteiger charge is -2.33. The topological polar surface area (TPSA) is 53.6 Å². The summed E-state index contributed by atoms with van der Waals surface area (Å²) in [6, 6.07) is 4.48. The molecule has 1 aliphatic carbocycles. The monoisotopic (exact) mass is 363 g/mol. The van der Waals surface area contributed by atoms with Gasteiger partial charge in [0, 0.05) is 38.3 Å². The number of benzene rings is 1. The summed E-state index contributed by atoms with van der Waals surface area (Å²) >= 11 is 0. The van der Waals surface area contributed by atoms with Crippen molar-refractivity contribution in [2.24, 2.45) is 5.92 Å². The predicted octanol–water partition coefficient (Wildman–Crippen LogP) is 3.29. The maximum Gasteiger partial charge on any atom is 0.315 e. The van der Waals surface area contributed by atoms with Gasteiger partial charge in [-0.1, -0.05) is 12.8 Å². The van der Waals surface area contributed by atoms with Crippen molar-refractivity contribution in [3.05, 3.63) is 29.6 Å². The molecule has 6 heteroatoms. The summed E-state index contributed by atoms with van der Waals surface area (Å²) in [5.41, 5.74) is 0.684. The SMILES string of the molecule is COc1cc(F)cc(CNC(=O)NC2CCN(CC3CCCC3)CC2)c1. The van der Waals surface area contributed by atoms with E-state index in [2.05, 4.69) is 15.5 Å². The zero-order valence-corrected chi connectivity index (χ0v) is 15.6. The van der Waals surface area contributed by atoms with Crippen molar-refractivity contribution >= 4 is 6.03 Å². The fourth-order valence-electron chi connectivity index (χ4n) is 4.08. The van der Waals surface area contributed by atoms with Gasteiger partial charge in [0.25, 0.3) is 0 Å². The van der Waals surface area contributed by atoms with E-state index in [-0.39, 0.29) is 24.4 Å². The van der Waals surface area contributed by atoms with Crippen LogP contribution >= 0.6 is 0 Å². The molecule has 1 aliphatic heterocycles. The first-order chi connectivity index (χ1) is 12.6. The van der Waals surface area contributed by atoms with E-state index >= 15 is 0 Å². The Kier molecular flexibility index (Phi) is 6.72. The van der Waals surface area contributed by atoms with Crippen molar-refractivity contribution in [1.82, 2.24) is 15.5 Å². The van der Waals surface area contributed by atoms with E-state index in [4.69, 9.17) is 4.74 Å². The van der Waals surface area contributed by atoms with Crippen molar-refractivity contribution < 1.29 is 13.9 Å². The minimum Gasteiger partial charge on any atom is -0.497 e. The molecule has 2 N–H and O–H groups in total. The largest absolute Gasteiger partial charge is 0.497 e. The highest BCUT2D eigenvalue weighted by molar-refractivity contribution is 5.74. The van der Waals surface area contributed by atoms with E-state index in [0.29, 0.717) is 11.3 Å². The summed E-state index contributed by atoms with van der Waals surface area (Å²) in [7, 11) is 1.50. The summed E-state index contributed by atoms with van der Waals surface area (Å²) in [5, 5.41) is 5.85. The number of amides is 2. The molecular formula is C20H30FN3O2. The number of hydrogen-bond donors (Lipinski definition) is 2. The van der Waals surface area contributed by atoms with Crippen LogP contribution in [0.15, 0.2) is 18.2 Å². The quantitative estimate of drug-likeness (QED) is 0.815. The van der Waals surface area contributed by atoms with Crippen LogP contribution in [0.3, 0.4) is 0 Å². The Balaban J connectivity index is 1.37. The third-order valence-corrected chi connectivity index (χ3v) is 5.53. The van der Waals surface area contributed by atoms with E-state index in [1.165, 1.54) is 51.5 Å². The number of methoxy groups -OCH3 is 1. The second-order valence-corrected chi connectivity index (χ2v) is 7.55. The summed E-state index contributed by atoms with van der Waals surface area (Å²) in [4.78, 5) is 14.7. The molecule has 0 aromatic heterocycles. The van der Waals surface area contributed by atoms with Crippen LogP contribution < -0.4 is 15.4 Å². The molecule has 1 saturated heterocycles. The van der Waals surface area contributed by atoms with Crippen LogP contribution in [0.25, 0.3) is 0 Å². The minimum absolute atomic E-state index is 0.192. The number of rotatable bonds is 6. The van der Waals surface area contributed by atoms with Crippen molar-refractivity contribution in [1.29, 1.82) is 0 Å². The third kappa shape index (κ3) is 5.59. The van der Waals surface area contributed by atoms with E-state index in [0.717, 1.165) is 31.8 Å². The Bertz CT molecular complexity index is 597. The number of urea groups is 1. The normalized spacial score (nSPS) is 19.5. The molecule has 0 spiro atoms. The molecule has 1 aromatic rings. The van der Waals surface area contributed by atoms with Crippen molar-refractivity contribution in [3.8, 4) is 5.75 Å². The molecule has 1 saturated carbocycles. The molecule has 2 aliphatic rings. The number of nitrogens with zero attached hydrogens (tertiary/aromatic N) is 1. The fourth-order valence-corrected chi connectivity index (χ4v) is 4.08. The first-order valence-corrected chi connectivity index (χ1v) is 9.72. The minimum atomic E-state index is -0.365. The molecule has 1 heterocycles. The second-order valence-electron chi connectivity index (χ2n) is 7.55. The van der Waals surface area contributed by atoms with Crippen molar-refractivity contribution in [2.75, 3.05) is 26.7 Å². The molecule has 144 valence electrons. The lowest BCUT2D eigenvalue weighted by Crippen LogP contribution is -2.48. The van der Waals surface area contributed by atoms with Gasteiger partial charge in [-0.05, 0) is 49.3 Å². The number of halogens is 1. The predicted molar refractivity (Wildman–Crippen MR) is 99.7 cm³/mol. The Labute approximate surface area is 155 Å². The molecule has 0 atom stereocenters. The average molecular weight is 363 g/mol. The second kappa shape index (κ2) is 9.21. The van der Waals surface area contributed by atoms with Crippen LogP contribution in [-0.4, -0.2) is 43.7 Å². The first kappa shape index (κ1) is 19.0. The Morgan fingerprint density at radius 3 is 2.62 bits per heavy atom. The lowest BCUT2D eigenvalue weighted by molar-refractivity contribution is 0.171. The summed E-state index contributed by atoms with van der Waals surface area (Å²) in [6.45, 7) is 3.62. The molecular weight excluding hydrogens is 333 g/mol. The summed E-state index contributed by atoms with van der Waals surface area (Å²) in [5.74, 6) is 0.971. The highest BCUT2D eigenvalue weighted by Crippen LogP contribution is 2.26. The van der Waals surface area contributed by atoms with Crippen LogP contribution in [0.4, 0.5) is 9.18 Å². The zero-order chi connectivity index (χ0) is 18.4. The van der Waals surface area contributed by atoms with E-state index in [9.17, 15) is 9.18 Å². The van der Waals surface area contributed by atoms with Gasteiger partial charge in [0.2, 0.25) is 0 Å². The molecule has 0 radical (unpaired) electrons. The summed E-state index contributed by atoms with van der Waals surface area (Å²) in [6.07, 6.45) is 7.53. The van der Waals surface area contributed by atoms with E-state index in [1.807, 2.05) is 0 Å². The molecule has 2 fully saturated rings. The van der Waals surface area contributed by atoms with Gasteiger partial charge < -0.3 is 20.3 Å². The third-order valence-electron chi connectivity index (χ3n) is 5.53. The zero-order valence-electron chi connectivity index (χ0n) is 15.6. The molecule has 0 unspecified atom stereocenters. The lowest BCUT2D eigenvalue weighted by atomic mass is 10.0. The smallest absolute Gasteiger partial charge is 0.315 e. The molecule has 1 aromatic carbocycles. The van der Waals surface area contributed by atoms with Crippen LogP contribution in [0.5, 0.6) is 5.75 Å². The fraction of sp³-hybridized carbons (Fsp3) is 0.650. The van der Waals surface area contributed by atoms with Gasteiger partial charge in [0.1, 0.15) is 11.6 Å². The van der Waals surface area contributed by atoms with Crippen LogP contribution in [0.1, 0.15) is 44.1 Å². The van der Waals surface area contributed by atoms with Crippen LogP contribution in [0, 0.1) is 11.7 Å². The van der Waals surface area contributed by atoms with Gasteiger partial charge in [-0.15, -0.1) is 0 Å². The number of piperidine rings is 1. The van der Waals surface area contributed by atoms with Gasteiger partial charge >= 0.3 is 6.03 Å². The highest BCUT2D eigenvalue weighted by Gasteiger charge is 2.24. The number of likely N-dealkylation sites (tertiary alicyclic amines) is 1. The average Bonchev–Trinajstić information content (AvgIpc) is 3.14. The molecule has 5 nitrogen and oxygen atoms in total. The molecule has 26 heavy (non-hydrogen) atoms. The van der Waals surface area contributed by atoms with Gasteiger partial charge in [0.05, 0.1) is 7.11 Å². The number of carbonyl (C=O) groups is 1. The Hall–Kier alpha value is -1.82. The van der Waals surface area contributed by atoms with Crippen molar-refractivity contribution in [2.45, 2.75) is 51.1 Å². The van der Waals surface area contributed by atoms with Gasteiger partial charge in [-0.25, -0.2) is 9.18 Å². The maximum absolute atomic E-state index is 13.5. The van der Waals surface area contributed by atoms with E-state index < -0.39 is 0 Å². The highest BCUT2D eigenvalue weighted by atomic mass is 19.1. The standard InChI is InChI=1S/C20H30FN3O2/c1-26-19-11-16(10-17(21)12-19)13-22-20(25)23-18-6-8-24(9-7-18)14-15-4-2-3-5-15/h10-12,15,18H,2-9,13-14H2,1H3,(H2,22,23,25). The summed E-state index contributed by atoms with van der Waals surface area (Å²) < 4.78 is 18.5. The van der Waals surface area contributed by atoms with Crippen molar-refractivity contribution in [3.63, 3.8) is 0 Å². The molecule has 3 rings (SSSR count). The van der Waals surface area contributed by atoms with Crippen LogP contribution in [0.2, 0.25) is 0 Å². The van der Waals surface area contributed by atoms with Crippen LogP contribution in [-0.2, 0) is 6.54 Å². The number of ether oxygens (including phenoxy) is 1. The molecule has 0 bridgehead atoms. The first-order valence-electron chi connectivity index (χ1n) is 9.72. The van der Waals surface area contributed by atoms with E-state index in [1.54, 1.807) is 6.07 Å². The Morgan fingerprint density at radius 1 is 1.19 bits per heavy atom. The number of hydrogen-bond acceptors (Lipinski definition) is 3. The van der Waals surface area contributed by atoms with Gasteiger partial charge in [-0.3, -0.25) is 0 Å².